The Bertz CT molecular complexity index is 1060. The fraction of sp³-hybridized carbons (Fsp3) is 0.370. The topological polar surface area (TPSA) is 95.9 Å². The van der Waals surface area contributed by atoms with Gasteiger partial charge in [0.2, 0.25) is 5.91 Å². The van der Waals surface area contributed by atoms with Crippen LogP contribution in [0.15, 0.2) is 60.2 Å². The van der Waals surface area contributed by atoms with E-state index >= 15 is 0 Å². The maximum absolute atomic E-state index is 12.8. The van der Waals surface area contributed by atoms with Gasteiger partial charge in [0, 0.05) is 30.6 Å². The zero-order valence-electron chi connectivity index (χ0n) is 19.3. The molecule has 0 aliphatic heterocycles. The first-order chi connectivity index (χ1) is 16.5. The second-order valence-electron chi connectivity index (χ2n) is 8.77. The highest BCUT2D eigenvalue weighted by Gasteiger charge is 2.30. The number of alkyl carbamates (subject to hydrolysis) is 1. The summed E-state index contributed by atoms with van der Waals surface area (Å²) in [5.41, 5.74) is 5.28. The lowest BCUT2D eigenvalue weighted by atomic mass is 9.98. The second kappa shape index (κ2) is 10.5. The molecule has 2 aromatic carbocycles. The number of carbonyl (C=O) groups excluding carboxylic acids is 2. The van der Waals surface area contributed by atoms with Gasteiger partial charge in [0.1, 0.15) is 6.61 Å². The van der Waals surface area contributed by atoms with E-state index in [0.29, 0.717) is 25.0 Å². The molecule has 0 saturated carbocycles. The van der Waals surface area contributed by atoms with Gasteiger partial charge in [0.25, 0.3) is 0 Å². The van der Waals surface area contributed by atoms with Gasteiger partial charge in [-0.25, -0.2) is 4.79 Å². The second-order valence-corrected chi connectivity index (χ2v) is 8.77. The zero-order valence-corrected chi connectivity index (χ0v) is 19.3. The van der Waals surface area contributed by atoms with Crippen molar-refractivity contribution in [3.63, 3.8) is 0 Å². The van der Waals surface area contributed by atoms with Crippen LogP contribution in [0.2, 0.25) is 0 Å². The summed E-state index contributed by atoms with van der Waals surface area (Å²) < 4.78 is 5.61. The maximum Gasteiger partial charge on any atom is 0.407 e. The number of amides is 2. The van der Waals surface area contributed by atoms with Crippen molar-refractivity contribution >= 4 is 18.0 Å². The quantitative estimate of drug-likeness (QED) is 0.578. The molecule has 0 radical (unpaired) electrons. The molecule has 7 heteroatoms. The minimum Gasteiger partial charge on any atom is -0.481 e. The highest BCUT2D eigenvalue weighted by molar-refractivity contribution is 5.94. The van der Waals surface area contributed by atoms with Crippen molar-refractivity contribution in [3.8, 4) is 11.1 Å². The van der Waals surface area contributed by atoms with E-state index < -0.39 is 12.1 Å². The number of nitrogens with zero attached hydrogens (tertiary/aromatic N) is 1. The fourth-order valence-corrected chi connectivity index (χ4v) is 4.83. The average Bonchev–Trinajstić information content (AvgIpc) is 3.42. The number of fused-ring (bicyclic) bond motifs is 3. The van der Waals surface area contributed by atoms with Crippen LogP contribution < -0.4 is 5.32 Å². The van der Waals surface area contributed by atoms with Gasteiger partial charge in [-0.15, -0.1) is 0 Å². The molecule has 0 aromatic heterocycles. The molecule has 0 fully saturated rings. The molecule has 2 aliphatic rings. The van der Waals surface area contributed by atoms with Gasteiger partial charge in [-0.1, -0.05) is 61.5 Å². The molecule has 2 aliphatic carbocycles. The number of rotatable bonds is 9. The van der Waals surface area contributed by atoms with Crippen molar-refractivity contribution in [3.05, 3.63) is 71.3 Å². The molecule has 0 spiro atoms. The van der Waals surface area contributed by atoms with Gasteiger partial charge >= 0.3 is 12.1 Å². The average molecular weight is 463 g/mol. The third-order valence-electron chi connectivity index (χ3n) is 6.43. The smallest absolute Gasteiger partial charge is 0.407 e. The Kier molecular flexibility index (Phi) is 7.30. The Morgan fingerprint density at radius 2 is 1.68 bits per heavy atom. The zero-order chi connectivity index (χ0) is 24.1. The van der Waals surface area contributed by atoms with Crippen molar-refractivity contribution in [1.82, 2.24) is 10.2 Å². The summed E-state index contributed by atoms with van der Waals surface area (Å²) >= 11 is 0. The molecular formula is C27H30N2O5. The number of carbonyl (C=O) groups is 3. The minimum atomic E-state index is -0.927. The van der Waals surface area contributed by atoms with Crippen LogP contribution in [0.1, 0.15) is 49.7 Å². The molecule has 2 N–H and O–H groups in total. The van der Waals surface area contributed by atoms with Crippen LogP contribution in [-0.4, -0.2) is 53.7 Å². The van der Waals surface area contributed by atoms with Crippen LogP contribution in [0.25, 0.3) is 11.1 Å². The molecule has 2 amide bonds. The van der Waals surface area contributed by atoms with Gasteiger partial charge in [0.15, 0.2) is 0 Å². The predicted octanol–water partition coefficient (Wildman–Crippen LogP) is 4.33. The van der Waals surface area contributed by atoms with Gasteiger partial charge < -0.3 is 20.1 Å². The number of carboxylic acids is 1. The van der Waals surface area contributed by atoms with Crippen molar-refractivity contribution in [2.75, 3.05) is 19.7 Å². The number of nitrogens with one attached hydrogen (secondary N) is 1. The normalized spacial score (nSPS) is 16.4. The van der Waals surface area contributed by atoms with Crippen molar-refractivity contribution < 1.29 is 24.2 Å². The van der Waals surface area contributed by atoms with E-state index in [4.69, 9.17) is 9.84 Å². The summed E-state index contributed by atoms with van der Waals surface area (Å²) in [6.45, 7) is 2.88. The van der Waals surface area contributed by atoms with Crippen molar-refractivity contribution in [1.29, 1.82) is 0 Å². The van der Waals surface area contributed by atoms with E-state index in [2.05, 4.69) is 29.6 Å². The van der Waals surface area contributed by atoms with Crippen LogP contribution in [0.3, 0.4) is 0 Å². The number of benzene rings is 2. The first-order valence-electron chi connectivity index (χ1n) is 11.8. The number of ether oxygens (including phenoxy) is 1. The van der Waals surface area contributed by atoms with E-state index in [1.807, 2.05) is 37.3 Å². The predicted molar refractivity (Wildman–Crippen MR) is 128 cm³/mol. The van der Waals surface area contributed by atoms with E-state index in [1.54, 1.807) is 4.90 Å². The maximum atomic E-state index is 12.8. The van der Waals surface area contributed by atoms with Gasteiger partial charge in [0.05, 0.1) is 6.42 Å². The molecule has 7 nitrogen and oxygen atoms in total. The SMILES string of the molecule is CCCN(CCC(=O)O)C(=O)C1=CCC(NC(=O)OCC2c3ccccc3-c3ccccc32)C1. The van der Waals surface area contributed by atoms with Gasteiger partial charge in [-0.3, -0.25) is 9.59 Å². The lowest BCUT2D eigenvalue weighted by Gasteiger charge is -2.22. The molecule has 0 saturated heterocycles. The van der Waals surface area contributed by atoms with E-state index in [-0.39, 0.29) is 37.4 Å². The number of aliphatic carboxylic acids is 1. The highest BCUT2D eigenvalue weighted by Crippen LogP contribution is 2.44. The highest BCUT2D eigenvalue weighted by atomic mass is 16.5. The molecule has 2 aromatic rings. The van der Waals surface area contributed by atoms with E-state index in [1.165, 1.54) is 11.1 Å². The Hall–Kier alpha value is -3.61. The first kappa shape index (κ1) is 23.5. The van der Waals surface area contributed by atoms with Crippen LogP contribution in [0.4, 0.5) is 4.79 Å². The Balaban J connectivity index is 1.30. The van der Waals surface area contributed by atoms with Crippen LogP contribution in [0.5, 0.6) is 0 Å². The number of carboxylic acid groups (broad SMARTS) is 1. The fourth-order valence-electron chi connectivity index (χ4n) is 4.83. The molecule has 4 rings (SSSR count). The largest absolute Gasteiger partial charge is 0.481 e. The molecule has 34 heavy (non-hydrogen) atoms. The van der Waals surface area contributed by atoms with Gasteiger partial charge in [-0.2, -0.15) is 0 Å². The van der Waals surface area contributed by atoms with Crippen LogP contribution >= 0.6 is 0 Å². The molecule has 1 unspecified atom stereocenters. The van der Waals surface area contributed by atoms with Crippen molar-refractivity contribution in [2.45, 2.75) is 44.6 Å². The lowest BCUT2D eigenvalue weighted by molar-refractivity contribution is -0.138. The summed E-state index contributed by atoms with van der Waals surface area (Å²) in [5.74, 6) is -1.09. The van der Waals surface area contributed by atoms with Crippen LogP contribution in [0, 0.1) is 0 Å². The third-order valence-corrected chi connectivity index (χ3v) is 6.43. The van der Waals surface area contributed by atoms with Crippen LogP contribution in [-0.2, 0) is 14.3 Å². The summed E-state index contributed by atoms with van der Waals surface area (Å²) in [6, 6.07) is 16.2. The van der Waals surface area contributed by atoms with E-state index in [0.717, 1.165) is 17.5 Å². The molecule has 178 valence electrons. The summed E-state index contributed by atoms with van der Waals surface area (Å²) in [4.78, 5) is 37.9. The summed E-state index contributed by atoms with van der Waals surface area (Å²) in [5, 5.41) is 11.8. The summed E-state index contributed by atoms with van der Waals surface area (Å²) in [6.07, 6.45) is 2.96. The number of hydrogen-bond donors (Lipinski definition) is 2. The molecule has 1 atom stereocenters. The standard InChI is InChI=1S/C27H30N2O5/c1-2-14-29(15-13-25(30)31)26(32)18-11-12-19(16-18)28-27(33)34-17-24-22-9-5-3-7-20(22)21-8-4-6-10-23(21)24/h3-11,19,24H,2,12-17H2,1H3,(H,28,33)(H,30,31). The Morgan fingerprint density at radius 3 is 2.29 bits per heavy atom. The first-order valence-corrected chi connectivity index (χ1v) is 11.8. The van der Waals surface area contributed by atoms with Gasteiger partial charge in [-0.05, 0) is 41.5 Å². The number of hydrogen-bond acceptors (Lipinski definition) is 4. The molecular weight excluding hydrogens is 432 g/mol. The summed E-state index contributed by atoms with van der Waals surface area (Å²) in [7, 11) is 0. The van der Waals surface area contributed by atoms with Crippen molar-refractivity contribution in [2.24, 2.45) is 0 Å². The molecule has 0 heterocycles. The monoisotopic (exact) mass is 462 g/mol. The lowest BCUT2D eigenvalue weighted by Crippen LogP contribution is -2.37. The third kappa shape index (κ3) is 5.14. The van der Waals surface area contributed by atoms with E-state index in [9.17, 15) is 14.4 Å². The Labute approximate surface area is 199 Å². The Morgan fingerprint density at radius 1 is 1.03 bits per heavy atom. The minimum absolute atomic E-state index is 0.00571. The molecule has 0 bridgehead atoms.